The van der Waals surface area contributed by atoms with E-state index in [0.717, 1.165) is 42.5 Å². The Kier molecular flexibility index (Phi) is 9.71. The van der Waals surface area contributed by atoms with Crippen molar-refractivity contribution in [1.29, 1.82) is 0 Å². The number of hydrogen-bond donors (Lipinski definition) is 0. The van der Waals surface area contributed by atoms with E-state index in [0.29, 0.717) is 11.1 Å². The van der Waals surface area contributed by atoms with E-state index in [2.05, 4.69) is 0 Å². The van der Waals surface area contributed by atoms with Crippen molar-refractivity contribution >= 4 is 23.4 Å². The molecular formula is C27H21F5N2O7. The highest BCUT2D eigenvalue weighted by Crippen LogP contribution is 2.32. The molecule has 3 aromatic carbocycles. The molecule has 0 radical (unpaired) electrons. The number of carbonyl (C=O) groups excluding carboxylic acids is 1. The summed E-state index contributed by atoms with van der Waals surface area (Å²) >= 11 is 0. The first-order valence-electron chi connectivity index (χ1n) is 11.8. The Hall–Kier alpha value is -4.88. The average molecular weight is 580 g/mol. The van der Waals surface area contributed by atoms with Gasteiger partial charge < -0.3 is 9.47 Å². The Bertz CT molecular complexity index is 1420. The van der Waals surface area contributed by atoms with Crippen LogP contribution < -0.4 is 4.74 Å². The highest BCUT2D eigenvalue weighted by atomic mass is 19.4. The Labute approximate surface area is 229 Å². The van der Waals surface area contributed by atoms with Crippen LogP contribution in [0.25, 0.3) is 6.08 Å². The Morgan fingerprint density at radius 3 is 2.10 bits per heavy atom. The summed E-state index contributed by atoms with van der Waals surface area (Å²) in [7, 11) is 0. The highest BCUT2D eigenvalue weighted by molar-refractivity contribution is 5.87. The number of halogens is 5. The van der Waals surface area contributed by atoms with E-state index < -0.39 is 51.5 Å². The maximum absolute atomic E-state index is 14.6. The molecule has 14 heteroatoms. The van der Waals surface area contributed by atoms with Crippen LogP contribution >= 0.6 is 0 Å². The molecule has 3 aromatic rings. The molecule has 0 amide bonds. The van der Waals surface area contributed by atoms with Gasteiger partial charge in [-0.1, -0.05) is 24.3 Å². The van der Waals surface area contributed by atoms with E-state index in [1.165, 1.54) is 36.4 Å². The minimum Gasteiger partial charge on any atom is -0.462 e. The third-order valence-electron chi connectivity index (χ3n) is 5.62. The van der Waals surface area contributed by atoms with Gasteiger partial charge in [-0.2, -0.15) is 22.0 Å². The molecule has 0 saturated heterocycles. The van der Waals surface area contributed by atoms with E-state index in [4.69, 9.17) is 9.47 Å². The fraction of sp³-hybridized carbons (Fsp3) is 0.222. The lowest BCUT2D eigenvalue weighted by Gasteiger charge is -2.18. The molecule has 0 fully saturated rings. The summed E-state index contributed by atoms with van der Waals surface area (Å²) in [4.78, 5) is 32.4. The predicted octanol–water partition coefficient (Wildman–Crippen LogP) is 6.93. The van der Waals surface area contributed by atoms with Crippen molar-refractivity contribution in [1.82, 2.24) is 0 Å². The first-order valence-corrected chi connectivity index (χ1v) is 11.8. The fourth-order valence-corrected chi connectivity index (χ4v) is 3.53. The van der Waals surface area contributed by atoms with Crippen molar-refractivity contribution in [2.24, 2.45) is 0 Å². The van der Waals surface area contributed by atoms with Gasteiger partial charge in [0.15, 0.2) is 0 Å². The normalized spacial score (nSPS) is 11.8. The number of hydrogen-bond acceptors (Lipinski definition) is 7. The Morgan fingerprint density at radius 1 is 0.854 bits per heavy atom. The number of alkyl halides is 5. The minimum absolute atomic E-state index is 0.0754. The van der Waals surface area contributed by atoms with Gasteiger partial charge in [-0.25, -0.2) is 4.79 Å². The van der Waals surface area contributed by atoms with Crippen LogP contribution in [0.1, 0.15) is 28.7 Å². The molecule has 0 aliphatic carbocycles. The largest absolute Gasteiger partial charge is 0.462 e. The third-order valence-corrected chi connectivity index (χ3v) is 5.62. The van der Waals surface area contributed by atoms with Gasteiger partial charge in [0.1, 0.15) is 5.75 Å². The number of aryl methyl sites for hydroxylation is 1. The summed E-state index contributed by atoms with van der Waals surface area (Å²) in [6.07, 6.45) is -7.16. The number of ether oxygens (including phenoxy) is 2. The van der Waals surface area contributed by atoms with Crippen LogP contribution in [-0.2, 0) is 28.5 Å². The summed E-state index contributed by atoms with van der Waals surface area (Å²) in [5.41, 5.74) is -0.629. The van der Waals surface area contributed by atoms with Crippen molar-refractivity contribution in [2.75, 3.05) is 6.61 Å². The molecule has 0 aliphatic heterocycles. The number of nitro groups is 2. The number of nitro benzene ring substituents is 2. The van der Waals surface area contributed by atoms with Crippen LogP contribution in [0, 0.1) is 20.2 Å². The summed E-state index contributed by atoms with van der Waals surface area (Å²) in [5, 5.41) is 22.0. The first-order chi connectivity index (χ1) is 19.2. The van der Waals surface area contributed by atoms with Gasteiger partial charge >= 0.3 is 18.3 Å². The lowest BCUT2D eigenvalue weighted by molar-refractivity contribution is -0.394. The van der Waals surface area contributed by atoms with Gasteiger partial charge in [0.25, 0.3) is 11.4 Å². The molecule has 3 rings (SSSR count). The zero-order valence-corrected chi connectivity index (χ0v) is 21.0. The van der Waals surface area contributed by atoms with Crippen molar-refractivity contribution in [2.45, 2.75) is 31.5 Å². The molecular weight excluding hydrogens is 559 g/mol. The zero-order chi connectivity index (χ0) is 30.2. The van der Waals surface area contributed by atoms with Gasteiger partial charge in [-0.05, 0) is 54.0 Å². The van der Waals surface area contributed by atoms with E-state index in [1.807, 2.05) is 0 Å². The molecule has 0 N–H and O–H groups in total. The highest BCUT2D eigenvalue weighted by Gasteiger charge is 2.34. The van der Waals surface area contributed by atoms with Crippen molar-refractivity contribution < 1.29 is 46.1 Å². The maximum Gasteiger partial charge on any atom is 0.426 e. The van der Waals surface area contributed by atoms with E-state index in [-0.39, 0.29) is 30.8 Å². The molecule has 216 valence electrons. The van der Waals surface area contributed by atoms with Crippen molar-refractivity contribution in [3.63, 3.8) is 0 Å². The number of rotatable bonds is 12. The Balaban J connectivity index is 1.53. The first kappa shape index (κ1) is 30.7. The second-order valence-electron chi connectivity index (χ2n) is 8.58. The van der Waals surface area contributed by atoms with Crippen LogP contribution in [-0.4, -0.2) is 28.6 Å². The molecule has 41 heavy (non-hydrogen) atoms. The van der Waals surface area contributed by atoms with Gasteiger partial charge in [-0.3, -0.25) is 20.2 Å². The summed E-state index contributed by atoms with van der Waals surface area (Å²) < 4.78 is 75.9. The Morgan fingerprint density at radius 2 is 1.51 bits per heavy atom. The van der Waals surface area contributed by atoms with Gasteiger partial charge in [-0.15, -0.1) is 0 Å². The number of nitrogens with zero attached hydrogens (tertiary/aromatic N) is 2. The number of esters is 1. The zero-order valence-electron chi connectivity index (χ0n) is 21.0. The second-order valence-corrected chi connectivity index (χ2v) is 8.58. The molecule has 9 nitrogen and oxygen atoms in total. The van der Waals surface area contributed by atoms with Crippen LogP contribution in [0.2, 0.25) is 0 Å². The van der Waals surface area contributed by atoms with Crippen LogP contribution in [0.4, 0.5) is 33.3 Å². The van der Waals surface area contributed by atoms with Crippen molar-refractivity contribution in [3.05, 3.63) is 115 Å². The fourth-order valence-electron chi connectivity index (χ4n) is 3.53. The standard InChI is InChI=1S/C27H21F5N2O7/c28-26(29,30)15-13-19-3-10-23(11-4-19)41-27(31,32)21-7-1-18(2-8-21)5-12-25(35)40-16-14-20-6-9-22(33(36)37)17-24(20)34(38)39/h1-12,17H,13-16H2/b12-5+. The molecule has 0 unspecified atom stereocenters. The SMILES string of the molecule is O=C(/C=C/c1ccc(C(F)(F)Oc2ccc(CCC(F)(F)F)cc2)cc1)OCCc1ccc([N+](=O)[O-])cc1[N+](=O)[O-]. The van der Waals surface area contributed by atoms with Crippen molar-refractivity contribution in [3.8, 4) is 5.75 Å². The number of benzene rings is 3. The van der Waals surface area contributed by atoms with Gasteiger partial charge in [0.05, 0.1) is 28.1 Å². The quantitative estimate of drug-likeness (QED) is 0.0749. The molecule has 0 saturated carbocycles. The predicted molar refractivity (Wildman–Crippen MR) is 135 cm³/mol. The molecule has 0 spiro atoms. The van der Waals surface area contributed by atoms with E-state index in [9.17, 15) is 47.0 Å². The van der Waals surface area contributed by atoms with E-state index in [1.54, 1.807) is 0 Å². The third kappa shape index (κ3) is 9.37. The second kappa shape index (κ2) is 13.0. The van der Waals surface area contributed by atoms with Gasteiger partial charge in [0.2, 0.25) is 0 Å². The average Bonchev–Trinajstić information content (AvgIpc) is 2.91. The minimum atomic E-state index is -4.33. The summed E-state index contributed by atoms with van der Waals surface area (Å²) in [6, 6.07) is 12.7. The summed E-state index contributed by atoms with van der Waals surface area (Å²) in [5.74, 6) is -1.05. The molecule has 0 aliphatic rings. The lowest BCUT2D eigenvalue weighted by Crippen LogP contribution is -2.21. The number of carbonyl (C=O) groups is 1. The topological polar surface area (TPSA) is 122 Å². The lowest BCUT2D eigenvalue weighted by atomic mass is 10.1. The van der Waals surface area contributed by atoms with Crippen LogP contribution in [0.3, 0.4) is 0 Å². The smallest absolute Gasteiger partial charge is 0.426 e. The van der Waals surface area contributed by atoms with Crippen LogP contribution in [0.5, 0.6) is 5.75 Å². The molecule has 0 bridgehead atoms. The molecule has 0 atom stereocenters. The van der Waals surface area contributed by atoms with Crippen LogP contribution in [0.15, 0.2) is 72.8 Å². The summed E-state index contributed by atoms with van der Waals surface area (Å²) in [6.45, 7) is -0.256. The van der Waals surface area contributed by atoms with Gasteiger partial charge in [0, 0.05) is 30.5 Å². The maximum atomic E-state index is 14.6. The molecule has 0 heterocycles. The monoisotopic (exact) mass is 580 g/mol. The number of non-ortho nitro benzene ring substituents is 1. The van der Waals surface area contributed by atoms with E-state index >= 15 is 0 Å². The molecule has 0 aromatic heterocycles.